The molecule has 1 aromatic carbocycles. The van der Waals surface area contributed by atoms with E-state index in [1.54, 1.807) is 30.3 Å². The molecule has 0 N–H and O–H groups in total. The number of benzene rings is 1. The lowest BCUT2D eigenvalue weighted by atomic mass is 9.96. The molecule has 0 fully saturated rings. The molecule has 0 radical (unpaired) electrons. The second-order valence-electron chi connectivity index (χ2n) is 4.42. The fraction of sp³-hybridized carbons (Fsp3) is 0.308. The largest absolute Gasteiger partial charge is 0.395 e. The van der Waals surface area contributed by atoms with Gasteiger partial charge in [-0.05, 0) is 19.1 Å². The Morgan fingerprint density at radius 2 is 1.90 bits per heavy atom. The first-order chi connectivity index (χ1) is 9.29. The van der Waals surface area contributed by atoms with Crippen LogP contribution < -0.4 is 5.01 Å². The molecule has 7 heteroatoms. The Balaban J connectivity index is 2.22. The number of hydrazone groups is 1. The number of hydrogen-bond acceptors (Lipinski definition) is 3. The Kier molecular flexibility index (Phi) is 3.61. The number of anilines is 1. The molecule has 0 saturated heterocycles. The average molecular weight is 284 g/mol. The number of carbonyl (C=O) groups is 2. The molecule has 0 saturated carbocycles. The SMILES string of the molecule is CC1=NN(c2ccccc2)C(=O)C1C(=O)CC(F)(F)F. The highest BCUT2D eigenvalue weighted by Gasteiger charge is 2.43. The number of amides is 1. The zero-order valence-corrected chi connectivity index (χ0v) is 10.5. The van der Waals surface area contributed by atoms with Gasteiger partial charge in [0.1, 0.15) is 12.3 Å². The quantitative estimate of drug-likeness (QED) is 0.801. The number of halogens is 3. The minimum Gasteiger partial charge on any atom is -0.298 e. The fourth-order valence-electron chi connectivity index (χ4n) is 1.99. The van der Waals surface area contributed by atoms with Gasteiger partial charge in [-0.2, -0.15) is 23.3 Å². The summed E-state index contributed by atoms with van der Waals surface area (Å²) in [6, 6.07) is 8.24. The van der Waals surface area contributed by atoms with Crippen LogP contribution in [0, 0.1) is 5.92 Å². The smallest absolute Gasteiger partial charge is 0.298 e. The van der Waals surface area contributed by atoms with Gasteiger partial charge in [0.25, 0.3) is 5.91 Å². The standard InChI is InChI=1S/C13H11F3N2O2/c1-8-11(10(19)7-13(14,15)16)12(20)18(17-8)9-5-3-2-4-6-9/h2-6,11H,7H2,1H3. The molecule has 0 aliphatic carbocycles. The van der Waals surface area contributed by atoms with Crippen LogP contribution >= 0.6 is 0 Å². The summed E-state index contributed by atoms with van der Waals surface area (Å²) in [4.78, 5) is 23.7. The van der Waals surface area contributed by atoms with E-state index in [0.29, 0.717) is 5.69 Å². The van der Waals surface area contributed by atoms with E-state index in [0.717, 1.165) is 5.01 Å². The first-order valence-corrected chi connectivity index (χ1v) is 5.83. The molecule has 1 heterocycles. The number of ketones is 1. The second kappa shape index (κ2) is 5.07. The molecule has 0 bridgehead atoms. The van der Waals surface area contributed by atoms with Gasteiger partial charge in [-0.1, -0.05) is 18.2 Å². The van der Waals surface area contributed by atoms with Crippen LogP contribution in [-0.2, 0) is 9.59 Å². The molecular weight excluding hydrogens is 273 g/mol. The van der Waals surface area contributed by atoms with Gasteiger partial charge >= 0.3 is 6.18 Å². The third-order valence-electron chi connectivity index (χ3n) is 2.83. The zero-order valence-electron chi connectivity index (χ0n) is 10.5. The van der Waals surface area contributed by atoms with Gasteiger partial charge in [0.05, 0.1) is 11.4 Å². The van der Waals surface area contributed by atoms with E-state index in [1.807, 2.05) is 0 Å². The summed E-state index contributed by atoms with van der Waals surface area (Å²) in [5.41, 5.74) is 0.493. The van der Waals surface area contributed by atoms with Crippen LogP contribution in [0.5, 0.6) is 0 Å². The van der Waals surface area contributed by atoms with E-state index in [1.165, 1.54) is 6.92 Å². The second-order valence-corrected chi connectivity index (χ2v) is 4.42. The van der Waals surface area contributed by atoms with Crippen molar-refractivity contribution in [3.8, 4) is 0 Å². The van der Waals surface area contributed by atoms with Crippen molar-refractivity contribution in [3.05, 3.63) is 30.3 Å². The Labute approximate surface area is 112 Å². The molecule has 1 unspecified atom stereocenters. The third kappa shape index (κ3) is 2.87. The summed E-state index contributed by atoms with van der Waals surface area (Å²) in [5.74, 6) is -3.37. The van der Waals surface area contributed by atoms with Crippen LogP contribution in [-0.4, -0.2) is 23.6 Å². The van der Waals surface area contributed by atoms with Crippen molar-refractivity contribution in [2.75, 3.05) is 5.01 Å². The normalized spacial score (nSPS) is 19.2. The monoisotopic (exact) mass is 284 g/mol. The summed E-state index contributed by atoms with van der Waals surface area (Å²) < 4.78 is 36.7. The highest BCUT2D eigenvalue weighted by atomic mass is 19.4. The lowest BCUT2D eigenvalue weighted by molar-refractivity contribution is -0.154. The Bertz CT molecular complexity index is 567. The van der Waals surface area contributed by atoms with Crippen molar-refractivity contribution in [2.45, 2.75) is 19.5 Å². The summed E-state index contributed by atoms with van der Waals surface area (Å²) in [7, 11) is 0. The van der Waals surface area contributed by atoms with Crippen LogP contribution in [0.25, 0.3) is 0 Å². The molecule has 20 heavy (non-hydrogen) atoms. The molecular formula is C13H11F3N2O2. The first-order valence-electron chi connectivity index (χ1n) is 5.83. The van der Waals surface area contributed by atoms with Crippen LogP contribution in [0.3, 0.4) is 0 Å². The predicted octanol–water partition coefficient (Wildman–Crippen LogP) is 2.55. The molecule has 1 atom stereocenters. The summed E-state index contributed by atoms with van der Waals surface area (Å²) in [5, 5.41) is 4.85. The molecule has 106 valence electrons. The van der Waals surface area contributed by atoms with Crippen molar-refractivity contribution in [3.63, 3.8) is 0 Å². The highest BCUT2D eigenvalue weighted by molar-refractivity contribution is 6.27. The molecule has 0 aromatic heterocycles. The number of hydrogen-bond donors (Lipinski definition) is 0. The van der Waals surface area contributed by atoms with Crippen molar-refractivity contribution in [1.29, 1.82) is 0 Å². The first kappa shape index (κ1) is 14.2. The number of rotatable bonds is 3. The van der Waals surface area contributed by atoms with Crippen molar-refractivity contribution in [2.24, 2.45) is 11.0 Å². The number of alkyl halides is 3. The maximum Gasteiger partial charge on any atom is 0.395 e. The van der Waals surface area contributed by atoms with Crippen LogP contribution in [0.4, 0.5) is 18.9 Å². The number of nitrogens with zero attached hydrogens (tertiary/aromatic N) is 2. The van der Waals surface area contributed by atoms with Crippen LogP contribution in [0.15, 0.2) is 35.4 Å². The minimum absolute atomic E-state index is 0.0769. The third-order valence-corrected chi connectivity index (χ3v) is 2.83. The van der Waals surface area contributed by atoms with E-state index in [2.05, 4.69) is 5.10 Å². The van der Waals surface area contributed by atoms with E-state index in [4.69, 9.17) is 0 Å². The molecule has 2 rings (SSSR count). The molecule has 1 aromatic rings. The molecule has 0 spiro atoms. The van der Waals surface area contributed by atoms with Crippen LogP contribution in [0.2, 0.25) is 0 Å². The van der Waals surface area contributed by atoms with Gasteiger partial charge in [-0.15, -0.1) is 0 Å². The van der Waals surface area contributed by atoms with Gasteiger partial charge < -0.3 is 0 Å². The van der Waals surface area contributed by atoms with Crippen molar-refractivity contribution >= 4 is 23.1 Å². The fourth-order valence-corrected chi connectivity index (χ4v) is 1.99. The minimum atomic E-state index is -4.63. The van der Waals surface area contributed by atoms with Gasteiger partial charge in [0.2, 0.25) is 0 Å². The highest BCUT2D eigenvalue weighted by Crippen LogP contribution is 2.28. The summed E-state index contributed by atoms with van der Waals surface area (Å²) >= 11 is 0. The maximum atomic E-state index is 12.2. The maximum absolute atomic E-state index is 12.2. The number of para-hydroxylation sites is 1. The van der Waals surface area contributed by atoms with Crippen molar-refractivity contribution < 1.29 is 22.8 Å². The molecule has 4 nitrogen and oxygen atoms in total. The Hall–Kier alpha value is -2.18. The van der Waals surface area contributed by atoms with Crippen LogP contribution in [0.1, 0.15) is 13.3 Å². The molecule has 1 aliphatic heterocycles. The Morgan fingerprint density at radius 1 is 1.30 bits per heavy atom. The van der Waals surface area contributed by atoms with Gasteiger partial charge in [-0.25, -0.2) is 0 Å². The van der Waals surface area contributed by atoms with E-state index in [-0.39, 0.29) is 5.71 Å². The number of Topliss-reactive ketones (excluding diaryl/α,β-unsaturated/α-hetero) is 1. The Morgan fingerprint density at radius 3 is 2.45 bits per heavy atom. The van der Waals surface area contributed by atoms with E-state index >= 15 is 0 Å². The van der Waals surface area contributed by atoms with Gasteiger partial charge in [0, 0.05) is 0 Å². The predicted molar refractivity (Wildman–Crippen MR) is 66.2 cm³/mol. The summed E-state index contributed by atoms with van der Waals surface area (Å²) in [6.45, 7) is 1.37. The lowest BCUT2D eigenvalue weighted by Gasteiger charge is -2.14. The lowest BCUT2D eigenvalue weighted by Crippen LogP contribution is -2.34. The molecule has 1 amide bonds. The summed E-state index contributed by atoms with van der Waals surface area (Å²) in [6.07, 6.45) is -6.25. The van der Waals surface area contributed by atoms with Gasteiger partial charge in [-0.3, -0.25) is 9.59 Å². The van der Waals surface area contributed by atoms with Crippen molar-refractivity contribution in [1.82, 2.24) is 0 Å². The van der Waals surface area contributed by atoms with E-state index < -0.39 is 30.2 Å². The van der Waals surface area contributed by atoms with Gasteiger partial charge in [0.15, 0.2) is 5.78 Å². The van der Waals surface area contributed by atoms with E-state index in [9.17, 15) is 22.8 Å². The average Bonchev–Trinajstić information content (AvgIpc) is 2.64. The zero-order chi connectivity index (χ0) is 14.9. The topological polar surface area (TPSA) is 49.7 Å². The molecule has 1 aliphatic rings. The number of carbonyl (C=O) groups excluding carboxylic acids is 2.